The molecule has 0 bridgehead atoms. The Kier molecular flexibility index (Phi) is 3.43. The topological polar surface area (TPSA) is 56.8 Å². The number of hydrogen-bond acceptors (Lipinski definition) is 5. The van der Waals surface area contributed by atoms with Crippen LogP contribution in [0.2, 0.25) is 0 Å². The second-order valence-electron chi connectivity index (χ2n) is 5.92. The Balaban J connectivity index is 1.58. The number of piperidine rings is 1. The number of hydrogen-bond donors (Lipinski definition) is 2. The Morgan fingerprint density at radius 3 is 3.19 bits per heavy atom. The molecule has 2 aromatic rings. The zero-order chi connectivity index (χ0) is 14.2. The number of rotatable bonds is 3. The van der Waals surface area contributed by atoms with Crippen LogP contribution in [0, 0.1) is 5.92 Å². The van der Waals surface area contributed by atoms with Crippen LogP contribution < -0.4 is 10.2 Å². The molecule has 2 unspecified atom stereocenters. The number of H-pyrrole nitrogens is 1. The first-order valence-electron chi connectivity index (χ1n) is 7.84. The number of nitrogens with zero attached hydrogens (tertiary/aromatic N) is 3. The van der Waals surface area contributed by atoms with E-state index < -0.39 is 0 Å². The molecule has 0 saturated carbocycles. The minimum atomic E-state index is 0.567. The molecule has 2 aliphatic heterocycles. The molecular weight excluding hydrogens is 282 g/mol. The average Bonchev–Trinajstić information content (AvgIpc) is 3.25. The summed E-state index contributed by atoms with van der Waals surface area (Å²) in [6, 6.07) is 4.89. The highest BCUT2D eigenvalue weighted by Gasteiger charge is 2.36. The van der Waals surface area contributed by atoms with E-state index in [1.165, 1.54) is 22.6 Å². The maximum absolute atomic E-state index is 4.75. The largest absolute Gasteiger partial charge is 0.335 e. The molecule has 0 radical (unpaired) electrons. The van der Waals surface area contributed by atoms with Crippen molar-refractivity contribution in [2.75, 3.05) is 24.5 Å². The van der Waals surface area contributed by atoms with Crippen molar-refractivity contribution in [3.63, 3.8) is 0 Å². The van der Waals surface area contributed by atoms with Crippen molar-refractivity contribution in [3.8, 4) is 10.7 Å². The Morgan fingerprint density at radius 2 is 2.33 bits per heavy atom. The molecule has 2 aliphatic rings. The summed E-state index contributed by atoms with van der Waals surface area (Å²) in [5.74, 6) is 2.53. The van der Waals surface area contributed by atoms with Crippen LogP contribution in [0.15, 0.2) is 12.1 Å². The van der Waals surface area contributed by atoms with Crippen LogP contribution in [0.25, 0.3) is 10.7 Å². The molecular formula is C15H21N5S. The normalized spacial score (nSPS) is 25.3. The van der Waals surface area contributed by atoms with Crippen LogP contribution in [-0.2, 0) is 6.42 Å². The standard InChI is InChI=1S/C15H21N5S/c1-2-11-5-6-13(21-11)14-17-15(19-18-14)20-7-3-4-10-8-16-9-12(10)20/h5-6,10,12,16H,2-4,7-9H2,1H3,(H,17,18,19). The number of thiophene rings is 1. The van der Waals surface area contributed by atoms with E-state index in [4.69, 9.17) is 4.98 Å². The van der Waals surface area contributed by atoms with Gasteiger partial charge in [0, 0.05) is 30.6 Å². The average molecular weight is 303 g/mol. The number of anilines is 1. The fourth-order valence-electron chi connectivity index (χ4n) is 3.50. The van der Waals surface area contributed by atoms with E-state index in [1.54, 1.807) is 11.3 Å². The van der Waals surface area contributed by atoms with Gasteiger partial charge < -0.3 is 10.2 Å². The van der Waals surface area contributed by atoms with E-state index in [1.807, 2.05) is 0 Å². The van der Waals surface area contributed by atoms with Gasteiger partial charge in [-0.25, -0.2) is 0 Å². The third-order valence-electron chi connectivity index (χ3n) is 4.65. The van der Waals surface area contributed by atoms with Gasteiger partial charge in [0.2, 0.25) is 5.95 Å². The second-order valence-corrected chi connectivity index (χ2v) is 7.09. The first-order chi connectivity index (χ1) is 10.3. The van der Waals surface area contributed by atoms with Gasteiger partial charge in [0.15, 0.2) is 5.82 Å². The summed E-state index contributed by atoms with van der Waals surface area (Å²) >= 11 is 1.80. The SMILES string of the molecule is CCc1ccc(-c2nc(N3CCCC4CNCC43)n[nH]2)s1. The summed E-state index contributed by atoms with van der Waals surface area (Å²) in [5.41, 5.74) is 0. The zero-order valence-corrected chi connectivity index (χ0v) is 13.1. The highest BCUT2D eigenvalue weighted by molar-refractivity contribution is 7.15. The third-order valence-corrected chi connectivity index (χ3v) is 5.89. The molecule has 5 nitrogen and oxygen atoms in total. The summed E-state index contributed by atoms with van der Waals surface area (Å²) in [6.45, 7) is 5.46. The van der Waals surface area contributed by atoms with Gasteiger partial charge in [0.05, 0.1) is 4.88 Å². The van der Waals surface area contributed by atoms with Crippen LogP contribution in [-0.4, -0.2) is 40.9 Å². The van der Waals surface area contributed by atoms with Crippen LogP contribution in [0.4, 0.5) is 5.95 Å². The van der Waals surface area contributed by atoms with Gasteiger partial charge in [0.1, 0.15) is 0 Å². The van der Waals surface area contributed by atoms with E-state index in [-0.39, 0.29) is 0 Å². The van der Waals surface area contributed by atoms with Crippen molar-refractivity contribution < 1.29 is 0 Å². The lowest BCUT2D eigenvalue weighted by Gasteiger charge is -2.36. The molecule has 2 N–H and O–H groups in total. The summed E-state index contributed by atoms with van der Waals surface area (Å²) in [7, 11) is 0. The number of aromatic nitrogens is 3. The molecule has 2 fully saturated rings. The van der Waals surface area contributed by atoms with Crippen molar-refractivity contribution in [2.45, 2.75) is 32.2 Å². The number of aromatic amines is 1. The highest BCUT2D eigenvalue weighted by atomic mass is 32.1. The van der Waals surface area contributed by atoms with Crippen LogP contribution >= 0.6 is 11.3 Å². The van der Waals surface area contributed by atoms with Gasteiger partial charge in [-0.3, -0.25) is 5.10 Å². The van der Waals surface area contributed by atoms with Gasteiger partial charge in [-0.05, 0) is 37.3 Å². The van der Waals surface area contributed by atoms with Crippen molar-refractivity contribution in [2.24, 2.45) is 5.92 Å². The number of aryl methyl sites for hydroxylation is 1. The van der Waals surface area contributed by atoms with E-state index >= 15 is 0 Å². The zero-order valence-electron chi connectivity index (χ0n) is 12.3. The Morgan fingerprint density at radius 1 is 1.38 bits per heavy atom. The predicted molar refractivity (Wildman–Crippen MR) is 85.8 cm³/mol. The second kappa shape index (κ2) is 5.42. The van der Waals surface area contributed by atoms with Crippen molar-refractivity contribution in [3.05, 3.63) is 17.0 Å². The summed E-state index contributed by atoms with van der Waals surface area (Å²) < 4.78 is 0. The first-order valence-corrected chi connectivity index (χ1v) is 8.65. The smallest absolute Gasteiger partial charge is 0.245 e. The van der Waals surface area contributed by atoms with Gasteiger partial charge in [0.25, 0.3) is 0 Å². The van der Waals surface area contributed by atoms with E-state index in [0.717, 1.165) is 43.7 Å². The van der Waals surface area contributed by atoms with E-state index in [0.29, 0.717) is 6.04 Å². The molecule has 0 spiro atoms. The third kappa shape index (κ3) is 2.36. The molecule has 4 heterocycles. The van der Waals surface area contributed by atoms with Crippen molar-refractivity contribution in [1.82, 2.24) is 20.5 Å². The lowest BCUT2D eigenvalue weighted by atomic mass is 9.92. The highest BCUT2D eigenvalue weighted by Crippen LogP contribution is 2.31. The van der Waals surface area contributed by atoms with Crippen molar-refractivity contribution >= 4 is 17.3 Å². The quantitative estimate of drug-likeness (QED) is 0.913. The van der Waals surface area contributed by atoms with Gasteiger partial charge in [-0.15, -0.1) is 16.4 Å². The molecule has 4 rings (SSSR count). The molecule has 112 valence electrons. The Hall–Kier alpha value is -1.40. The number of fused-ring (bicyclic) bond motifs is 1. The Labute approximate surface area is 128 Å². The minimum Gasteiger partial charge on any atom is -0.335 e. The molecule has 6 heteroatoms. The minimum absolute atomic E-state index is 0.567. The van der Waals surface area contributed by atoms with Crippen molar-refractivity contribution in [1.29, 1.82) is 0 Å². The van der Waals surface area contributed by atoms with Crippen LogP contribution in [0.5, 0.6) is 0 Å². The molecule has 0 aromatic carbocycles. The van der Waals surface area contributed by atoms with Crippen LogP contribution in [0.1, 0.15) is 24.6 Å². The Bertz CT molecular complexity index is 619. The van der Waals surface area contributed by atoms with E-state index in [9.17, 15) is 0 Å². The summed E-state index contributed by atoms with van der Waals surface area (Å²) in [6.07, 6.45) is 3.65. The van der Waals surface area contributed by atoms with Gasteiger partial charge in [-0.2, -0.15) is 4.98 Å². The molecule has 2 aromatic heterocycles. The lowest BCUT2D eigenvalue weighted by molar-refractivity contribution is 0.381. The molecule has 21 heavy (non-hydrogen) atoms. The maximum atomic E-state index is 4.75. The molecule has 2 saturated heterocycles. The predicted octanol–water partition coefficient (Wildman–Crippen LogP) is 2.28. The summed E-state index contributed by atoms with van der Waals surface area (Å²) in [5, 5.41) is 11.1. The van der Waals surface area contributed by atoms with Gasteiger partial charge in [-0.1, -0.05) is 6.92 Å². The first kappa shape index (κ1) is 13.3. The number of nitrogens with one attached hydrogen (secondary N) is 2. The monoisotopic (exact) mass is 303 g/mol. The molecule has 2 atom stereocenters. The van der Waals surface area contributed by atoms with E-state index in [2.05, 4.69) is 39.5 Å². The lowest BCUT2D eigenvalue weighted by Crippen LogP contribution is -2.45. The van der Waals surface area contributed by atoms with Gasteiger partial charge >= 0.3 is 0 Å². The molecule has 0 aliphatic carbocycles. The fourth-order valence-corrected chi connectivity index (χ4v) is 4.39. The summed E-state index contributed by atoms with van der Waals surface area (Å²) in [4.78, 5) is 9.72. The van der Waals surface area contributed by atoms with Crippen LogP contribution in [0.3, 0.4) is 0 Å². The fraction of sp³-hybridized carbons (Fsp3) is 0.600. The maximum Gasteiger partial charge on any atom is 0.245 e. The molecule has 0 amide bonds.